The fourth-order valence-electron chi connectivity index (χ4n) is 4.36. The molecule has 1 amide bonds. The molecule has 1 N–H and O–H groups in total. The first-order chi connectivity index (χ1) is 19.0. The number of nitrogens with one attached hydrogen (secondary N) is 1. The lowest BCUT2D eigenvalue weighted by molar-refractivity contribution is -0.118. The molecule has 2 aromatic carbocycles. The van der Waals surface area contributed by atoms with Crippen LogP contribution in [0.3, 0.4) is 0 Å². The Balaban J connectivity index is 1.57. The summed E-state index contributed by atoms with van der Waals surface area (Å²) in [6, 6.07) is 10.6. The lowest BCUT2D eigenvalue weighted by Gasteiger charge is -2.16. The predicted octanol–water partition coefficient (Wildman–Crippen LogP) is 6.84. The molecule has 1 aliphatic rings. The highest BCUT2D eigenvalue weighted by atomic mass is 35.5. The summed E-state index contributed by atoms with van der Waals surface area (Å²) in [7, 11) is 0. The van der Waals surface area contributed by atoms with E-state index in [0.717, 1.165) is 11.3 Å². The molecule has 2 heterocycles. The van der Waals surface area contributed by atoms with Gasteiger partial charge in [0.25, 0.3) is 0 Å². The first kappa shape index (κ1) is 28.8. The SMILES string of the molecule is CCOc1cc2ncc(C#N)c(Oc3ccc(CC(=O)CC4=CC(C(C)(C)C)=NC4)c(Cl)c3)c2cc1NC(C)=O. The highest BCUT2D eigenvalue weighted by Crippen LogP contribution is 2.39. The molecule has 0 spiro atoms. The second-order valence-electron chi connectivity index (χ2n) is 10.6. The second-order valence-corrected chi connectivity index (χ2v) is 11.0. The fourth-order valence-corrected chi connectivity index (χ4v) is 4.60. The molecule has 0 saturated carbocycles. The molecule has 0 bridgehead atoms. The number of allylic oxidation sites excluding steroid dienone is 1. The third kappa shape index (κ3) is 6.67. The standard InChI is InChI=1S/C31H31ClN4O4/c1-6-39-28-14-26-24(13-27(28)36-18(2)37)30(21(15-33)17-34-26)40-23-8-7-20(25(32)12-23)11-22(38)9-19-10-29(35-16-19)31(3,4)5/h7-8,10,12-14,17H,6,9,11,16H2,1-5H3,(H,36,37). The molecule has 1 aromatic heterocycles. The minimum atomic E-state index is -0.268. The van der Waals surface area contributed by atoms with E-state index in [4.69, 9.17) is 21.1 Å². The van der Waals surface area contributed by atoms with Gasteiger partial charge in [0, 0.05) is 53.6 Å². The third-order valence-corrected chi connectivity index (χ3v) is 6.62. The summed E-state index contributed by atoms with van der Waals surface area (Å²) in [6.45, 7) is 10.5. The van der Waals surface area contributed by atoms with E-state index in [-0.39, 0.29) is 34.8 Å². The van der Waals surface area contributed by atoms with Crippen molar-refractivity contribution in [3.63, 3.8) is 0 Å². The van der Waals surface area contributed by atoms with Gasteiger partial charge in [-0.3, -0.25) is 19.6 Å². The van der Waals surface area contributed by atoms with E-state index in [1.165, 1.54) is 13.1 Å². The van der Waals surface area contributed by atoms with Crippen LogP contribution in [0.4, 0.5) is 5.69 Å². The first-order valence-electron chi connectivity index (χ1n) is 13.0. The molecule has 0 unspecified atom stereocenters. The second kappa shape index (κ2) is 11.9. The van der Waals surface area contributed by atoms with Gasteiger partial charge in [-0.2, -0.15) is 5.26 Å². The lowest BCUT2D eigenvalue weighted by atomic mass is 9.89. The highest BCUT2D eigenvalue weighted by molar-refractivity contribution is 6.31. The van der Waals surface area contributed by atoms with Gasteiger partial charge < -0.3 is 14.8 Å². The molecular formula is C31H31ClN4O4. The zero-order valence-corrected chi connectivity index (χ0v) is 24.0. The minimum absolute atomic E-state index is 0.0490. The number of anilines is 1. The van der Waals surface area contributed by atoms with Crippen molar-refractivity contribution >= 4 is 45.6 Å². The number of nitriles is 1. The third-order valence-electron chi connectivity index (χ3n) is 6.27. The van der Waals surface area contributed by atoms with E-state index in [1.807, 2.05) is 13.0 Å². The largest absolute Gasteiger partial charge is 0.492 e. The van der Waals surface area contributed by atoms with Gasteiger partial charge in [-0.05, 0) is 42.3 Å². The number of aromatic nitrogens is 1. The van der Waals surface area contributed by atoms with Crippen LogP contribution in [0.1, 0.15) is 52.2 Å². The molecule has 0 atom stereocenters. The number of carbonyl (C=O) groups excluding carboxylic acids is 2. The highest BCUT2D eigenvalue weighted by Gasteiger charge is 2.22. The minimum Gasteiger partial charge on any atom is -0.492 e. The van der Waals surface area contributed by atoms with Crippen molar-refractivity contribution in [2.45, 2.75) is 47.5 Å². The number of fused-ring (bicyclic) bond motifs is 1. The summed E-state index contributed by atoms with van der Waals surface area (Å²) in [5.41, 5.74) is 3.82. The number of nitrogens with zero attached hydrogens (tertiary/aromatic N) is 3. The molecule has 0 saturated heterocycles. The Bertz CT molecular complexity index is 1600. The van der Waals surface area contributed by atoms with Gasteiger partial charge in [0.05, 0.1) is 24.4 Å². The number of halogens is 1. The fraction of sp³-hybridized carbons (Fsp3) is 0.323. The summed E-state index contributed by atoms with van der Waals surface area (Å²) in [4.78, 5) is 33.5. The predicted molar refractivity (Wildman–Crippen MR) is 157 cm³/mol. The summed E-state index contributed by atoms with van der Waals surface area (Å²) in [6.07, 6.45) is 3.96. The van der Waals surface area contributed by atoms with E-state index in [1.54, 1.807) is 30.3 Å². The van der Waals surface area contributed by atoms with Crippen LogP contribution >= 0.6 is 11.6 Å². The molecule has 206 valence electrons. The van der Waals surface area contributed by atoms with Gasteiger partial charge in [-0.25, -0.2) is 0 Å². The van der Waals surface area contributed by atoms with E-state index >= 15 is 0 Å². The van der Waals surface area contributed by atoms with E-state index < -0.39 is 0 Å². The number of ether oxygens (including phenoxy) is 2. The zero-order valence-electron chi connectivity index (χ0n) is 23.2. The molecule has 3 aromatic rings. The smallest absolute Gasteiger partial charge is 0.221 e. The summed E-state index contributed by atoms with van der Waals surface area (Å²) in [5.74, 6) is 0.900. The first-order valence-corrected chi connectivity index (χ1v) is 13.4. The Hall–Kier alpha value is -4.22. The Morgan fingerprint density at radius 3 is 2.58 bits per heavy atom. The van der Waals surface area contributed by atoms with Crippen molar-refractivity contribution in [3.05, 3.63) is 64.3 Å². The normalized spacial score (nSPS) is 12.9. The number of rotatable bonds is 9. The Morgan fingerprint density at radius 2 is 1.95 bits per heavy atom. The number of aliphatic imine (C=N–C) groups is 1. The Kier molecular flexibility index (Phi) is 8.55. The molecule has 4 rings (SSSR count). The van der Waals surface area contributed by atoms with Crippen LogP contribution in [-0.2, 0) is 16.0 Å². The maximum Gasteiger partial charge on any atom is 0.221 e. The maximum atomic E-state index is 12.8. The Morgan fingerprint density at radius 1 is 1.18 bits per heavy atom. The average molecular weight is 559 g/mol. The number of hydrogen-bond donors (Lipinski definition) is 1. The van der Waals surface area contributed by atoms with Crippen molar-refractivity contribution in [3.8, 4) is 23.3 Å². The quantitative estimate of drug-likeness (QED) is 0.307. The molecule has 1 aliphatic heterocycles. The molecule has 0 fully saturated rings. The molecule has 0 radical (unpaired) electrons. The summed E-state index contributed by atoms with van der Waals surface area (Å²) in [5, 5.41) is 13.4. The number of amides is 1. The van der Waals surface area contributed by atoms with Crippen molar-refractivity contribution in [1.29, 1.82) is 5.26 Å². The number of ketones is 1. The van der Waals surface area contributed by atoms with Crippen molar-refractivity contribution < 1.29 is 19.1 Å². The van der Waals surface area contributed by atoms with E-state index in [2.05, 4.69) is 42.1 Å². The lowest BCUT2D eigenvalue weighted by Crippen LogP contribution is -2.16. The van der Waals surface area contributed by atoms with Gasteiger partial charge in [-0.1, -0.05) is 38.4 Å². The topological polar surface area (TPSA) is 114 Å². The van der Waals surface area contributed by atoms with Crippen molar-refractivity contribution in [2.24, 2.45) is 10.4 Å². The molecule has 40 heavy (non-hydrogen) atoms. The number of benzene rings is 2. The van der Waals surface area contributed by atoms with Crippen LogP contribution in [0.15, 0.2) is 53.2 Å². The molecular weight excluding hydrogens is 528 g/mol. The van der Waals surface area contributed by atoms with Crippen LogP contribution in [0.2, 0.25) is 5.02 Å². The van der Waals surface area contributed by atoms with Gasteiger partial charge in [0.1, 0.15) is 28.9 Å². The van der Waals surface area contributed by atoms with Crippen molar-refractivity contribution in [2.75, 3.05) is 18.5 Å². The van der Waals surface area contributed by atoms with Gasteiger partial charge >= 0.3 is 0 Å². The molecule has 9 heteroatoms. The Labute approximate surface area is 238 Å². The van der Waals surface area contributed by atoms with Gasteiger partial charge in [-0.15, -0.1) is 0 Å². The van der Waals surface area contributed by atoms with Crippen molar-refractivity contribution in [1.82, 2.24) is 4.98 Å². The van der Waals surface area contributed by atoms with Crippen LogP contribution in [0.25, 0.3) is 10.9 Å². The zero-order chi connectivity index (χ0) is 29.0. The number of Topliss-reactive ketones (excluding diaryl/α,β-unsaturated/α-hetero) is 1. The number of carbonyl (C=O) groups is 2. The van der Waals surface area contributed by atoms with E-state index in [9.17, 15) is 14.9 Å². The van der Waals surface area contributed by atoms with E-state index in [0.29, 0.717) is 58.2 Å². The maximum absolute atomic E-state index is 12.8. The van der Waals surface area contributed by atoms with Gasteiger partial charge in [0.15, 0.2) is 5.75 Å². The number of hydrogen-bond acceptors (Lipinski definition) is 7. The summed E-state index contributed by atoms with van der Waals surface area (Å²) < 4.78 is 11.8. The number of pyridine rings is 1. The van der Waals surface area contributed by atoms with Crippen LogP contribution in [0, 0.1) is 16.7 Å². The van der Waals surface area contributed by atoms with Crippen LogP contribution in [-0.4, -0.2) is 35.5 Å². The summed E-state index contributed by atoms with van der Waals surface area (Å²) >= 11 is 6.56. The molecule has 8 nitrogen and oxygen atoms in total. The van der Waals surface area contributed by atoms with Crippen LogP contribution < -0.4 is 14.8 Å². The monoisotopic (exact) mass is 558 g/mol. The van der Waals surface area contributed by atoms with Gasteiger partial charge in [0.2, 0.25) is 5.91 Å². The molecule has 0 aliphatic carbocycles. The van der Waals surface area contributed by atoms with Crippen LogP contribution in [0.5, 0.6) is 17.2 Å². The average Bonchev–Trinajstić information content (AvgIpc) is 3.35.